The van der Waals surface area contributed by atoms with E-state index in [1.165, 1.54) is 17.7 Å². The number of primary amides is 1. The molecule has 2 aromatic carbocycles. The third-order valence-electron chi connectivity index (χ3n) is 4.26. The average molecular weight is 397 g/mol. The number of carbonyl (C=O) groups is 1. The van der Waals surface area contributed by atoms with Gasteiger partial charge in [0, 0.05) is 11.6 Å². The lowest BCUT2D eigenvalue weighted by Gasteiger charge is -2.08. The summed E-state index contributed by atoms with van der Waals surface area (Å²) in [5.41, 5.74) is 5.15. The van der Waals surface area contributed by atoms with E-state index in [1.54, 1.807) is 24.3 Å². The first-order valence-corrected chi connectivity index (χ1v) is 8.31. The largest absolute Gasteiger partial charge is 0.497 e. The third-order valence-corrected chi connectivity index (χ3v) is 4.26. The number of hydrogen-bond acceptors (Lipinski definition) is 5. The number of aromatic amines is 1. The molecule has 0 aliphatic rings. The second kappa shape index (κ2) is 6.82. The zero-order chi connectivity index (χ0) is 20.7. The summed E-state index contributed by atoms with van der Waals surface area (Å²) in [7, 11) is 1.48. The van der Waals surface area contributed by atoms with Crippen molar-refractivity contribution in [2.45, 2.75) is 0 Å². The maximum absolute atomic E-state index is 13.7. The molecule has 1 amide bonds. The molecule has 0 saturated heterocycles. The van der Waals surface area contributed by atoms with E-state index in [-0.39, 0.29) is 28.2 Å². The van der Waals surface area contributed by atoms with Gasteiger partial charge in [0.15, 0.2) is 28.8 Å². The lowest BCUT2D eigenvalue weighted by Crippen LogP contribution is -2.15. The number of benzene rings is 2. The molecule has 4 aromatic rings. The van der Waals surface area contributed by atoms with Gasteiger partial charge in [-0.2, -0.15) is 0 Å². The first kappa shape index (κ1) is 18.3. The molecule has 0 aliphatic heterocycles. The van der Waals surface area contributed by atoms with Crippen LogP contribution in [0.15, 0.2) is 47.3 Å². The molecule has 0 atom stereocenters. The number of H-pyrrole nitrogens is 1. The Kier molecular flexibility index (Phi) is 4.30. The molecule has 0 aliphatic carbocycles. The van der Waals surface area contributed by atoms with Crippen LogP contribution in [-0.2, 0) is 0 Å². The third kappa shape index (κ3) is 3.10. The average Bonchev–Trinajstić information content (AvgIpc) is 3.04. The summed E-state index contributed by atoms with van der Waals surface area (Å²) in [6, 6.07) is 9.66. The number of nitrogens with one attached hydrogen (secondary N) is 1. The molecule has 10 heteroatoms. The summed E-state index contributed by atoms with van der Waals surface area (Å²) in [6.45, 7) is 0. The predicted molar refractivity (Wildman–Crippen MR) is 99.9 cm³/mol. The van der Waals surface area contributed by atoms with Crippen molar-refractivity contribution in [1.82, 2.24) is 19.5 Å². The SMILES string of the molecule is COc1cccc(-n2c(=O)[nH]c3c(C(N)=O)nc(-c4ccc(F)c(F)c4)nc32)c1. The Bertz CT molecular complexity index is 1330. The van der Waals surface area contributed by atoms with Crippen LogP contribution < -0.4 is 16.2 Å². The Morgan fingerprint density at radius 1 is 1.14 bits per heavy atom. The fourth-order valence-electron chi connectivity index (χ4n) is 2.92. The molecule has 29 heavy (non-hydrogen) atoms. The first-order valence-electron chi connectivity index (χ1n) is 8.31. The Morgan fingerprint density at radius 3 is 2.62 bits per heavy atom. The van der Waals surface area contributed by atoms with Gasteiger partial charge in [-0.05, 0) is 30.3 Å². The highest BCUT2D eigenvalue weighted by Crippen LogP contribution is 2.24. The standard InChI is InChI=1S/C19H13F2N5O3/c1-29-11-4-2-3-10(8-11)26-18-15(24-19(26)28)14(16(22)27)23-17(25-18)9-5-6-12(20)13(21)7-9/h2-8H,1H3,(H2,22,27)(H,24,28). The number of nitrogens with zero attached hydrogens (tertiary/aromatic N) is 3. The van der Waals surface area contributed by atoms with Gasteiger partial charge in [-0.25, -0.2) is 28.1 Å². The fourth-order valence-corrected chi connectivity index (χ4v) is 2.92. The summed E-state index contributed by atoms with van der Waals surface area (Å²) < 4.78 is 33.3. The normalized spacial score (nSPS) is 11.0. The zero-order valence-corrected chi connectivity index (χ0v) is 14.9. The van der Waals surface area contributed by atoms with Crippen molar-refractivity contribution in [3.05, 3.63) is 70.3 Å². The second-order valence-electron chi connectivity index (χ2n) is 6.05. The van der Waals surface area contributed by atoms with Gasteiger partial charge in [0.2, 0.25) is 0 Å². The van der Waals surface area contributed by atoms with Gasteiger partial charge in [0.25, 0.3) is 5.91 Å². The first-order chi connectivity index (χ1) is 13.9. The molecule has 2 heterocycles. The van der Waals surface area contributed by atoms with Gasteiger partial charge in [-0.3, -0.25) is 4.79 Å². The maximum Gasteiger partial charge on any atom is 0.332 e. The minimum Gasteiger partial charge on any atom is -0.497 e. The minimum atomic E-state index is -1.11. The molecule has 0 radical (unpaired) electrons. The number of rotatable bonds is 4. The van der Waals surface area contributed by atoms with Crippen LogP contribution in [0.1, 0.15) is 10.5 Å². The number of fused-ring (bicyclic) bond motifs is 1. The van der Waals surface area contributed by atoms with Crippen molar-refractivity contribution in [1.29, 1.82) is 0 Å². The van der Waals surface area contributed by atoms with E-state index in [0.29, 0.717) is 11.4 Å². The van der Waals surface area contributed by atoms with E-state index in [1.807, 2.05) is 0 Å². The zero-order valence-electron chi connectivity index (χ0n) is 14.9. The molecular weight excluding hydrogens is 384 g/mol. The number of halogens is 2. The van der Waals surface area contributed by atoms with Gasteiger partial charge in [-0.15, -0.1) is 0 Å². The second-order valence-corrected chi connectivity index (χ2v) is 6.05. The Hall–Kier alpha value is -4.08. The smallest absolute Gasteiger partial charge is 0.332 e. The van der Waals surface area contributed by atoms with Crippen molar-refractivity contribution in [3.8, 4) is 22.8 Å². The molecule has 146 valence electrons. The lowest BCUT2D eigenvalue weighted by molar-refractivity contribution is 0.0997. The molecule has 4 rings (SSSR count). The molecule has 0 saturated carbocycles. The van der Waals surface area contributed by atoms with Crippen molar-refractivity contribution in [2.75, 3.05) is 7.11 Å². The number of carbonyl (C=O) groups excluding carboxylic acids is 1. The van der Waals surface area contributed by atoms with Crippen molar-refractivity contribution in [2.24, 2.45) is 5.73 Å². The number of aromatic nitrogens is 4. The van der Waals surface area contributed by atoms with E-state index in [9.17, 15) is 18.4 Å². The topological polar surface area (TPSA) is 116 Å². The van der Waals surface area contributed by atoms with Crippen LogP contribution >= 0.6 is 0 Å². The number of ether oxygens (including phenoxy) is 1. The van der Waals surface area contributed by atoms with E-state index in [0.717, 1.165) is 12.1 Å². The van der Waals surface area contributed by atoms with E-state index in [2.05, 4.69) is 15.0 Å². The monoisotopic (exact) mass is 397 g/mol. The summed E-state index contributed by atoms with van der Waals surface area (Å²) in [5, 5.41) is 0. The summed E-state index contributed by atoms with van der Waals surface area (Å²) >= 11 is 0. The Balaban J connectivity index is 2.04. The van der Waals surface area contributed by atoms with Gasteiger partial charge in [0.1, 0.15) is 11.3 Å². The minimum absolute atomic E-state index is 0.0247. The Labute approximate surface area is 161 Å². The molecule has 2 aromatic heterocycles. The van der Waals surface area contributed by atoms with Crippen LogP contribution in [0, 0.1) is 11.6 Å². The van der Waals surface area contributed by atoms with Crippen LogP contribution in [-0.4, -0.2) is 32.5 Å². The predicted octanol–water partition coefficient (Wildman–Crippen LogP) is 2.16. The molecule has 0 bridgehead atoms. The molecule has 0 fully saturated rings. The summed E-state index contributed by atoms with van der Waals surface area (Å²) in [4.78, 5) is 35.4. The highest BCUT2D eigenvalue weighted by Gasteiger charge is 2.21. The van der Waals surface area contributed by atoms with Crippen LogP contribution in [0.3, 0.4) is 0 Å². The van der Waals surface area contributed by atoms with Gasteiger partial charge in [-0.1, -0.05) is 6.07 Å². The number of nitrogens with two attached hydrogens (primary N) is 1. The molecule has 3 N–H and O–H groups in total. The van der Waals surface area contributed by atoms with Crippen LogP contribution in [0.5, 0.6) is 5.75 Å². The van der Waals surface area contributed by atoms with Crippen LogP contribution in [0.2, 0.25) is 0 Å². The lowest BCUT2D eigenvalue weighted by atomic mass is 10.2. The van der Waals surface area contributed by atoms with Crippen molar-refractivity contribution >= 4 is 17.1 Å². The van der Waals surface area contributed by atoms with E-state index < -0.39 is 23.2 Å². The van der Waals surface area contributed by atoms with Crippen molar-refractivity contribution in [3.63, 3.8) is 0 Å². The van der Waals surface area contributed by atoms with E-state index >= 15 is 0 Å². The molecule has 0 unspecified atom stereocenters. The van der Waals surface area contributed by atoms with Crippen LogP contribution in [0.4, 0.5) is 8.78 Å². The number of hydrogen-bond donors (Lipinski definition) is 2. The van der Waals surface area contributed by atoms with Gasteiger partial charge < -0.3 is 15.5 Å². The van der Waals surface area contributed by atoms with Crippen molar-refractivity contribution < 1.29 is 18.3 Å². The van der Waals surface area contributed by atoms with Crippen LogP contribution in [0.25, 0.3) is 28.2 Å². The number of methoxy groups -OCH3 is 1. The molecule has 0 spiro atoms. The maximum atomic E-state index is 13.7. The van der Waals surface area contributed by atoms with Gasteiger partial charge in [0.05, 0.1) is 12.8 Å². The van der Waals surface area contributed by atoms with Gasteiger partial charge >= 0.3 is 5.69 Å². The summed E-state index contributed by atoms with van der Waals surface area (Å²) in [6.07, 6.45) is 0. The Morgan fingerprint density at radius 2 is 1.93 bits per heavy atom. The highest BCUT2D eigenvalue weighted by molar-refractivity contribution is 6.02. The van der Waals surface area contributed by atoms with E-state index in [4.69, 9.17) is 10.5 Å². The summed E-state index contributed by atoms with van der Waals surface area (Å²) in [5.74, 6) is -2.67. The number of imidazole rings is 1. The number of amides is 1. The molecule has 8 nitrogen and oxygen atoms in total. The fraction of sp³-hybridized carbons (Fsp3) is 0.0526. The highest BCUT2D eigenvalue weighted by atomic mass is 19.2. The quantitative estimate of drug-likeness (QED) is 0.547. The molecular formula is C19H13F2N5O3.